The van der Waals surface area contributed by atoms with Crippen molar-refractivity contribution in [3.8, 4) is 11.5 Å². The third-order valence-corrected chi connectivity index (χ3v) is 3.63. The lowest BCUT2D eigenvalue weighted by molar-refractivity contribution is 0.0951. The second-order valence-electron chi connectivity index (χ2n) is 5.37. The first-order valence-corrected chi connectivity index (χ1v) is 7.65. The predicted octanol–water partition coefficient (Wildman–Crippen LogP) is 1.21. The van der Waals surface area contributed by atoms with Gasteiger partial charge in [-0.2, -0.15) is 0 Å². The van der Waals surface area contributed by atoms with E-state index in [0.29, 0.717) is 11.5 Å². The van der Waals surface area contributed by atoms with Crippen LogP contribution in [0.5, 0.6) is 0 Å². The Morgan fingerprint density at radius 1 is 1.24 bits per heavy atom. The highest BCUT2D eigenvalue weighted by atomic mass is 19.1. The molecule has 0 unspecified atom stereocenters. The van der Waals surface area contributed by atoms with Crippen LogP contribution in [-0.2, 0) is 13.6 Å². The van der Waals surface area contributed by atoms with Crippen LogP contribution < -0.4 is 11.0 Å². The molecular formula is C17H16FN5O2. The zero-order valence-corrected chi connectivity index (χ0v) is 13.5. The molecule has 1 aromatic carbocycles. The molecule has 2 aromatic heterocycles. The van der Waals surface area contributed by atoms with Crippen LogP contribution in [0.25, 0.3) is 11.5 Å². The molecule has 1 amide bonds. The highest BCUT2D eigenvalue weighted by Gasteiger charge is 2.13. The van der Waals surface area contributed by atoms with Gasteiger partial charge >= 0.3 is 5.69 Å². The fourth-order valence-corrected chi connectivity index (χ4v) is 2.36. The lowest BCUT2D eigenvalue weighted by Crippen LogP contribution is -2.31. The number of carbonyl (C=O) groups excluding carboxylic acids is 1. The van der Waals surface area contributed by atoms with Crippen molar-refractivity contribution in [2.24, 2.45) is 7.05 Å². The van der Waals surface area contributed by atoms with Crippen LogP contribution in [0.1, 0.15) is 10.4 Å². The molecule has 7 nitrogen and oxygen atoms in total. The third kappa shape index (κ3) is 3.63. The highest BCUT2D eigenvalue weighted by Crippen LogP contribution is 2.10. The summed E-state index contributed by atoms with van der Waals surface area (Å²) in [5.41, 5.74) is 0.507. The Hall–Kier alpha value is -3.29. The quantitative estimate of drug-likeness (QED) is 0.756. The molecule has 2 heterocycles. The maximum atomic E-state index is 13.1. The van der Waals surface area contributed by atoms with Crippen LogP contribution in [0.3, 0.4) is 0 Å². The minimum absolute atomic E-state index is 0.188. The van der Waals surface area contributed by atoms with Gasteiger partial charge < -0.3 is 5.32 Å². The summed E-state index contributed by atoms with van der Waals surface area (Å²) in [6, 6.07) is 10.8. The Kier molecular flexibility index (Phi) is 4.69. The first-order chi connectivity index (χ1) is 12.1. The van der Waals surface area contributed by atoms with Gasteiger partial charge in [-0.15, -0.1) is 5.10 Å². The van der Waals surface area contributed by atoms with Crippen LogP contribution in [-0.4, -0.2) is 31.8 Å². The minimum Gasteiger partial charge on any atom is -0.350 e. The van der Waals surface area contributed by atoms with E-state index in [0.717, 1.165) is 6.07 Å². The molecule has 1 N–H and O–H groups in total. The van der Waals surface area contributed by atoms with Gasteiger partial charge in [0.05, 0.1) is 6.54 Å². The second-order valence-corrected chi connectivity index (χ2v) is 5.37. The number of aromatic nitrogens is 4. The Morgan fingerprint density at radius 2 is 2.08 bits per heavy atom. The molecule has 25 heavy (non-hydrogen) atoms. The van der Waals surface area contributed by atoms with E-state index in [1.54, 1.807) is 25.4 Å². The molecule has 0 aliphatic rings. The number of nitrogens with one attached hydrogen (secondary N) is 1. The maximum absolute atomic E-state index is 13.1. The van der Waals surface area contributed by atoms with Crippen LogP contribution in [0.15, 0.2) is 53.5 Å². The SMILES string of the molecule is Cn1c(-c2ccccn2)nn(CCNC(=O)c2cccc(F)c2)c1=O. The van der Waals surface area contributed by atoms with Gasteiger partial charge in [-0.3, -0.25) is 14.3 Å². The van der Waals surface area contributed by atoms with Crippen molar-refractivity contribution >= 4 is 5.91 Å². The van der Waals surface area contributed by atoms with E-state index in [-0.39, 0.29) is 24.3 Å². The number of carbonyl (C=O) groups is 1. The third-order valence-electron chi connectivity index (χ3n) is 3.63. The van der Waals surface area contributed by atoms with Gasteiger partial charge in [-0.05, 0) is 30.3 Å². The number of hydrogen-bond acceptors (Lipinski definition) is 4. The Bertz CT molecular complexity index is 949. The first kappa shape index (κ1) is 16.6. The smallest absolute Gasteiger partial charge is 0.346 e. The first-order valence-electron chi connectivity index (χ1n) is 7.65. The molecule has 0 radical (unpaired) electrons. The summed E-state index contributed by atoms with van der Waals surface area (Å²) in [7, 11) is 1.61. The number of amides is 1. The fourth-order valence-electron chi connectivity index (χ4n) is 2.36. The van der Waals surface area contributed by atoms with Gasteiger partial charge in [0.15, 0.2) is 5.82 Å². The van der Waals surface area contributed by atoms with E-state index >= 15 is 0 Å². The molecule has 0 fully saturated rings. The molecule has 3 aromatic rings. The number of hydrogen-bond donors (Lipinski definition) is 1. The Morgan fingerprint density at radius 3 is 2.80 bits per heavy atom. The van der Waals surface area contributed by atoms with Gasteiger partial charge in [0.2, 0.25) is 0 Å². The van der Waals surface area contributed by atoms with Crippen LogP contribution >= 0.6 is 0 Å². The summed E-state index contributed by atoms with van der Waals surface area (Å²) < 4.78 is 15.8. The van der Waals surface area contributed by atoms with E-state index in [9.17, 15) is 14.0 Å². The second kappa shape index (κ2) is 7.08. The molecule has 128 valence electrons. The van der Waals surface area contributed by atoms with Gasteiger partial charge in [-0.25, -0.2) is 13.9 Å². The van der Waals surface area contributed by atoms with E-state index < -0.39 is 11.7 Å². The average Bonchev–Trinajstić information content (AvgIpc) is 2.91. The molecule has 8 heteroatoms. The molecule has 0 saturated heterocycles. The van der Waals surface area contributed by atoms with Crippen LogP contribution in [0.2, 0.25) is 0 Å². The average molecular weight is 341 g/mol. The number of rotatable bonds is 5. The molecule has 0 saturated carbocycles. The summed E-state index contributed by atoms with van der Waals surface area (Å²) in [6.45, 7) is 0.383. The van der Waals surface area contributed by atoms with Crippen molar-refractivity contribution < 1.29 is 9.18 Å². The predicted molar refractivity (Wildman–Crippen MR) is 89.4 cm³/mol. The minimum atomic E-state index is -0.478. The standard InChI is InChI=1S/C17H16FN5O2/c1-22-15(14-7-2-3-8-19-14)21-23(17(22)25)10-9-20-16(24)12-5-4-6-13(18)11-12/h2-8,11H,9-10H2,1H3,(H,20,24). The van der Waals surface area contributed by atoms with E-state index in [1.165, 1.54) is 27.4 Å². The molecule has 3 rings (SSSR count). The molecule has 0 spiro atoms. The number of nitrogens with zero attached hydrogens (tertiary/aromatic N) is 4. The van der Waals surface area contributed by atoms with Crippen LogP contribution in [0.4, 0.5) is 4.39 Å². The van der Waals surface area contributed by atoms with Gasteiger partial charge in [0, 0.05) is 25.4 Å². The molecule has 0 bridgehead atoms. The fraction of sp³-hybridized carbons (Fsp3) is 0.176. The van der Waals surface area contributed by atoms with Crippen molar-refractivity contribution in [2.45, 2.75) is 6.54 Å². The van der Waals surface area contributed by atoms with Crippen molar-refractivity contribution in [1.29, 1.82) is 0 Å². The maximum Gasteiger partial charge on any atom is 0.346 e. The number of benzene rings is 1. The Labute approximate surface area is 142 Å². The zero-order valence-electron chi connectivity index (χ0n) is 13.5. The van der Waals surface area contributed by atoms with Gasteiger partial charge in [0.25, 0.3) is 5.91 Å². The van der Waals surface area contributed by atoms with Crippen molar-refractivity contribution in [3.05, 3.63) is 70.5 Å². The van der Waals surface area contributed by atoms with E-state index in [2.05, 4.69) is 15.4 Å². The summed E-state index contributed by atoms with van der Waals surface area (Å²) in [5.74, 6) is -0.441. The Balaban J connectivity index is 1.68. The summed E-state index contributed by atoms with van der Waals surface area (Å²) in [4.78, 5) is 28.4. The van der Waals surface area contributed by atoms with Gasteiger partial charge in [0.1, 0.15) is 11.5 Å². The topological polar surface area (TPSA) is 81.8 Å². The molecule has 0 atom stereocenters. The van der Waals surface area contributed by atoms with Crippen molar-refractivity contribution in [3.63, 3.8) is 0 Å². The largest absolute Gasteiger partial charge is 0.350 e. The number of pyridine rings is 1. The lowest BCUT2D eigenvalue weighted by Gasteiger charge is -2.04. The van der Waals surface area contributed by atoms with E-state index in [1.807, 2.05) is 6.07 Å². The molecule has 0 aliphatic heterocycles. The van der Waals surface area contributed by atoms with Crippen molar-refractivity contribution in [1.82, 2.24) is 24.6 Å². The highest BCUT2D eigenvalue weighted by molar-refractivity contribution is 5.94. The van der Waals surface area contributed by atoms with Crippen molar-refractivity contribution in [2.75, 3.05) is 6.54 Å². The van der Waals surface area contributed by atoms with Crippen LogP contribution in [0, 0.1) is 5.82 Å². The summed E-state index contributed by atoms with van der Waals surface area (Å²) in [6.07, 6.45) is 1.62. The zero-order chi connectivity index (χ0) is 17.8. The molecular weight excluding hydrogens is 325 g/mol. The summed E-state index contributed by atoms with van der Waals surface area (Å²) in [5, 5.41) is 6.90. The monoisotopic (exact) mass is 341 g/mol. The lowest BCUT2D eigenvalue weighted by atomic mass is 10.2. The van der Waals surface area contributed by atoms with E-state index in [4.69, 9.17) is 0 Å². The normalized spacial score (nSPS) is 10.6. The summed E-state index contributed by atoms with van der Waals surface area (Å²) >= 11 is 0. The molecule has 0 aliphatic carbocycles. The number of halogens is 1. The van der Waals surface area contributed by atoms with Gasteiger partial charge in [-0.1, -0.05) is 12.1 Å².